The number of hydrogen-bond acceptors (Lipinski definition) is 4. The normalized spacial score (nSPS) is 15.4. The summed E-state index contributed by atoms with van der Waals surface area (Å²) in [6.07, 6.45) is 1.45. The quantitative estimate of drug-likeness (QED) is 0.776. The lowest BCUT2D eigenvalue weighted by Gasteiger charge is -2.28. The van der Waals surface area contributed by atoms with E-state index in [-0.39, 0.29) is 11.4 Å². The molecule has 1 fully saturated rings. The molecule has 1 aromatic heterocycles. The van der Waals surface area contributed by atoms with Gasteiger partial charge in [-0.25, -0.2) is 4.79 Å². The van der Waals surface area contributed by atoms with Crippen molar-refractivity contribution in [3.05, 3.63) is 29.2 Å². The Balaban J connectivity index is 2.38. The fourth-order valence-electron chi connectivity index (χ4n) is 1.73. The van der Waals surface area contributed by atoms with Crippen molar-refractivity contribution in [2.24, 2.45) is 0 Å². The van der Waals surface area contributed by atoms with Crippen molar-refractivity contribution in [2.75, 3.05) is 31.2 Å². The van der Waals surface area contributed by atoms with Gasteiger partial charge in [-0.15, -0.1) is 4.98 Å². The second kappa shape index (κ2) is 4.80. The summed E-state index contributed by atoms with van der Waals surface area (Å²) in [6, 6.07) is 1.31. The van der Waals surface area contributed by atoms with E-state index in [1.165, 1.54) is 12.3 Å². The van der Waals surface area contributed by atoms with Crippen LogP contribution in [-0.2, 0) is 4.74 Å². The van der Waals surface area contributed by atoms with Crippen molar-refractivity contribution in [3.63, 3.8) is 0 Å². The van der Waals surface area contributed by atoms with Crippen LogP contribution in [0.25, 0.3) is 4.85 Å². The van der Waals surface area contributed by atoms with Crippen molar-refractivity contribution < 1.29 is 14.6 Å². The topological polar surface area (TPSA) is 67.0 Å². The van der Waals surface area contributed by atoms with Gasteiger partial charge in [-0.1, -0.05) is 6.57 Å². The zero-order valence-electron chi connectivity index (χ0n) is 9.09. The number of ether oxygens (including phenoxy) is 1. The molecule has 88 valence electrons. The number of carboxylic acid groups (broad SMARTS) is 1. The number of nitrogens with zero attached hydrogens (tertiary/aromatic N) is 3. The fraction of sp³-hybridized carbons (Fsp3) is 0.364. The molecule has 1 aliphatic rings. The number of hydrogen-bond donors (Lipinski definition) is 1. The Bertz CT molecular complexity index is 475. The molecule has 0 atom stereocenters. The lowest BCUT2D eigenvalue weighted by atomic mass is 10.2. The summed E-state index contributed by atoms with van der Waals surface area (Å²) in [7, 11) is 0. The smallest absolute Gasteiger partial charge is 0.336 e. The Hall–Kier alpha value is -2.13. The SMILES string of the molecule is [C-]#[N+]c1cc(C(=O)O)c(N2CCOCC2)cn1. The molecule has 1 saturated heterocycles. The van der Waals surface area contributed by atoms with Crippen molar-refractivity contribution in [3.8, 4) is 0 Å². The average molecular weight is 233 g/mol. The van der Waals surface area contributed by atoms with Gasteiger partial charge in [0.05, 0.1) is 24.5 Å². The third kappa shape index (κ3) is 2.34. The highest BCUT2D eigenvalue weighted by Gasteiger charge is 2.20. The summed E-state index contributed by atoms with van der Waals surface area (Å²) in [4.78, 5) is 20.1. The van der Waals surface area contributed by atoms with Gasteiger partial charge in [0.1, 0.15) is 6.20 Å². The zero-order valence-corrected chi connectivity index (χ0v) is 9.09. The summed E-state index contributed by atoms with van der Waals surface area (Å²) < 4.78 is 5.21. The first-order chi connectivity index (χ1) is 8.22. The molecule has 0 spiro atoms. The molecule has 0 radical (unpaired) electrons. The van der Waals surface area contributed by atoms with Crippen LogP contribution in [0.3, 0.4) is 0 Å². The predicted octanol–water partition coefficient (Wildman–Crippen LogP) is 1.17. The Morgan fingerprint density at radius 1 is 1.53 bits per heavy atom. The first-order valence-electron chi connectivity index (χ1n) is 5.16. The lowest BCUT2D eigenvalue weighted by Crippen LogP contribution is -2.37. The van der Waals surface area contributed by atoms with E-state index in [2.05, 4.69) is 9.83 Å². The van der Waals surface area contributed by atoms with E-state index < -0.39 is 5.97 Å². The molecular weight excluding hydrogens is 222 g/mol. The number of morpholine rings is 1. The molecule has 2 rings (SSSR count). The first kappa shape index (κ1) is 11.4. The molecule has 1 N–H and O–H groups in total. The molecule has 0 unspecified atom stereocenters. The van der Waals surface area contributed by atoms with Crippen LogP contribution >= 0.6 is 0 Å². The summed E-state index contributed by atoms with van der Waals surface area (Å²) in [5, 5.41) is 9.13. The van der Waals surface area contributed by atoms with Crippen LogP contribution < -0.4 is 4.90 Å². The maximum Gasteiger partial charge on any atom is 0.336 e. The largest absolute Gasteiger partial charge is 0.478 e. The van der Waals surface area contributed by atoms with Crippen LogP contribution in [0.4, 0.5) is 11.5 Å². The Kier molecular flexibility index (Phi) is 3.21. The highest BCUT2D eigenvalue weighted by molar-refractivity contribution is 5.95. The minimum Gasteiger partial charge on any atom is -0.478 e. The fourth-order valence-corrected chi connectivity index (χ4v) is 1.73. The lowest BCUT2D eigenvalue weighted by molar-refractivity contribution is 0.0696. The van der Waals surface area contributed by atoms with Crippen LogP contribution in [0, 0.1) is 6.57 Å². The van der Waals surface area contributed by atoms with Gasteiger partial charge < -0.3 is 19.6 Å². The number of carboxylic acids is 1. The molecule has 1 aromatic rings. The summed E-state index contributed by atoms with van der Waals surface area (Å²) in [6.45, 7) is 9.25. The molecule has 0 amide bonds. The van der Waals surface area contributed by atoms with E-state index in [1.54, 1.807) is 0 Å². The van der Waals surface area contributed by atoms with E-state index in [9.17, 15) is 4.79 Å². The minimum absolute atomic E-state index is 0.0967. The standard InChI is InChI=1S/C11H11N3O3/c1-12-10-6-8(11(15)16)9(7-13-10)14-2-4-17-5-3-14/h6-7H,2-5H2,(H,15,16). The maximum atomic E-state index is 11.1. The predicted molar refractivity (Wildman–Crippen MR) is 60.5 cm³/mol. The van der Waals surface area contributed by atoms with E-state index in [0.717, 1.165) is 0 Å². The van der Waals surface area contributed by atoms with Crippen LogP contribution in [0.15, 0.2) is 12.3 Å². The molecular formula is C11H11N3O3. The minimum atomic E-state index is -1.04. The molecule has 0 aliphatic carbocycles. The Morgan fingerprint density at radius 2 is 2.24 bits per heavy atom. The summed E-state index contributed by atoms with van der Waals surface area (Å²) >= 11 is 0. The van der Waals surface area contributed by atoms with Gasteiger partial charge in [-0.3, -0.25) is 0 Å². The van der Waals surface area contributed by atoms with Crippen LogP contribution in [0.5, 0.6) is 0 Å². The van der Waals surface area contributed by atoms with Crippen molar-refractivity contribution in [1.29, 1.82) is 0 Å². The number of aromatic carboxylic acids is 1. The number of rotatable bonds is 2. The van der Waals surface area contributed by atoms with E-state index in [1.807, 2.05) is 4.90 Å². The van der Waals surface area contributed by atoms with Gasteiger partial charge in [0.2, 0.25) is 0 Å². The monoisotopic (exact) mass is 233 g/mol. The molecule has 0 saturated carbocycles. The number of pyridine rings is 1. The van der Waals surface area contributed by atoms with Crippen molar-refractivity contribution >= 4 is 17.5 Å². The van der Waals surface area contributed by atoms with E-state index in [4.69, 9.17) is 16.4 Å². The zero-order chi connectivity index (χ0) is 12.3. The molecule has 2 heterocycles. The van der Waals surface area contributed by atoms with Crippen molar-refractivity contribution in [1.82, 2.24) is 4.98 Å². The number of anilines is 1. The second-order valence-corrected chi connectivity index (χ2v) is 3.58. The van der Waals surface area contributed by atoms with Gasteiger partial charge in [-0.05, 0) is 6.07 Å². The van der Waals surface area contributed by atoms with Crippen LogP contribution in [0.1, 0.15) is 10.4 Å². The third-order valence-corrected chi connectivity index (χ3v) is 2.57. The highest BCUT2D eigenvalue weighted by atomic mass is 16.5. The van der Waals surface area contributed by atoms with Crippen LogP contribution in [0.2, 0.25) is 0 Å². The van der Waals surface area contributed by atoms with Crippen LogP contribution in [-0.4, -0.2) is 42.4 Å². The maximum absolute atomic E-state index is 11.1. The molecule has 17 heavy (non-hydrogen) atoms. The van der Waals surface area contributed by atoms with E-state index in [0.29, 0.717) is 32.0 Å². The molecule has 6 nitrogen and oxygen atoms in total. The molecule has 0 bridgehead atoms. The van der Waals surface area contributed by atoms with Gasteiger partial charge in [-0.2, -0.15) is 0 Å². The van der Waals surface area contributed by atoms with Gasteiger partial charge in [0.15, 0.2) is 0 Å². The van der Waals surface area contributed by atoms with Gasteiger partial charge in [0, 0.05) is 13.1 Å². The first-order valence-corrected chi connectivity index (χ1v) is 5.16. The van der Waals surface area contributed by atoms with E-state index >= 15 is 0 Å². The summed E-state index contributed by atoms with van der Waals surface area (Å²) in [5.41, 5.74) is 0.668. The Labute approximate surface area is 98.3 Å². The van der Waals surface area contributed by atoms with Crippen molar-refractivity contribution in [2.45, 2.75) is 0 Å². The van der Waals surface area contributed by atoms with Gasteiger partial charge in [0.25, 0.3) is 5.82 Å². The number of carbonyl (C=O) groups is 1. The number of aromatic nitrogens is 1. The average Bonchev–Trinajstić information content (AvgIpc) is 2.39. The van der Waals surface area contributed by atoms with Gasteiger partial charge >= 0.3 is 5.97 Å². The Morgan fingerprint density at radius 3 is 2.82 bits per heavy atom. The summed E-state index contributed by atoms with van der Waals surface area (Å²) in [5.74, 6) is -0.946. The third-order valence-electron chi connectivity index (χ3n) is 2.57. The second-order valence-electron chi connectivity index (χ2n) is 3.58. The molecule has 6 heteroatoms. The molecule has 1 aliphatic heterocycles. The molecule has 0 aromatic carbocycles. The highest BCUT2D eigenvalue weighted by Crippen LogP contribution is 2.24.